The Bertz CT molecular complexity index is 497. The third-order valence-electron chi connectivity index (χ3n) is 3.33. The average molecular weight is 297 g/mol. The number of nitrogens with zero attached hydrogens (tertiary/aromatic N) is 6. The summed E-state index contributed by atoms with van der Waals surface area (Å²) in [5, 5.41) is 9.22. The zero-order chi connectivity index (χ0) is 14.5. The molecule has 0 bridgehead atoms. The first-order valence-corrected chi connectivity index (χ1v) is 6.90. The minimum absolute atomic E-state index is 0.0198. The molecular weight excluding hydrogens is 280 g/mol. The van der Waals surface area contributed by atoms with E-state index in [4.69, 9.17) is 21.6 Å². The van der Waals surface area contributed by atoms with Gasteiger partial charge in [-0.15, -0.1) is 0 Å². The number of aromatic nitrogens is 3. The minimum atomic E-state index is -0.0198. The van der Waals surface area contributed by atoms with Crippen LogP contribution in [0.2, 0.25) is 5.28 Å². The van der Waals surface area contributed by atoms with E-state index in [0.29, 0.717) is 5.95 Å². The van der Waals surface area contributed by atoms with Crippen LogP contribution in [0.25, 0.3) is 0 Å². The van der Waals surface area contributed by atoms with Crippen LogP contribution in [0.5, 0.6) is 6.01 Å². The summed E-state index contributed by atoms with van der Waals surface area (Å²) in [5.41, 5.74) is 0. The second kappa shape index (κ2) is 6.68. The molecule has 1 unspecified atom stereocenters. The largest absolute Gasteiger partial charge is 0.467 e. The Kier molecular flexibility index (Phi) is 4.93. The Labute approximate surface area is 123 Å². The molecule has 1 aliphatic rings. The molecule has 0 saturated carbocycles. The molecule has 0 aromatic carbocycles. The number of hydrogen-bond acceptors (Lipinski definition) is 7. The van der Waals surface area contributed by atoms with E-state index < -0.39 is 0 Å². The van der Waals surface area contributed by atoms with E-state index in [0.717, 1.165) is 32.6 Å². The maximum absolute atomic E-state index is 9.09. The zero-order valence-electron chi connectivity index (χ0n) is 11.6. The minimum Gasteiger partial charge on any atom is -0.467 e. The Morgan fingerprint density at radius 2 is 2.00 bits per heavy atom. The lowest BCUT2D eigenvalue weighted by molar-refractivity contribution is 0.215. The summed E-state index contributed by atoms with van der Waals surface area (Å²) >= 11 is 5.85. The number of methoxy groups -OCH3 is 1. The standard InChI is InChI=1S/C12H17ClN6O/c1-3-9(8-14)18-4-6-19(7-5-18)11-15-10(13)16-12(17-11)20-2/h9H,3-7H2,1-2H3. The molecule has 1 atom stereocenters. The lowest BCUT2D eigenvalue weighted by Gasteiger charge is -2.36. The summed E-state index contributed by atoms with van der Waals surface area (Å²) in [6.07, 6.45) is 0.835. The van der Waals surface area contributed by atoms with Gasteiger partial charge in [0.15, 0.2) is 0 Å². The van der Waals surface area contributed by atoms with Gasteiger partial charge >= 0.3 is 6.01 Å². The quantitative estimate of drug-likeness (QED) is 0.818. The second-order valence-electron chi connectivity index (χ2n) is 4.47. The molecule has 0 N–H and O–H groups in total. The Hall–Kier alpha value is -1.65. The number of piperazine rings is 1. The monoisotopic (exact) mass is 296 g/mol. The van der Waals surface area contributed by atoms with Crippen molar-refractivity contribution >= 4 is 17.5 Å². The van der Waals surface area contributed by atoms with E-state index in [-0.39, 0.29) is 17.3 Å². The van der Waals surface area contributed by atoms with Gasteiger partial charge in [0.05, 0.1) is 19.2 Å². The molecule has 108 valence electrons. The summed E-state index contributed by atoms with van der Waals surface area (Å²) in [7, 11) is 1.49. The van der Waals surface area contributed by atoms with E-state index in [1.54, 1.807) is 0 Å². The van der Waals surface area contributed by atoms with Crippen LogP contribution in [-0.2, 0) is 0 Å². The predicted molar refractivity (Wildman–Crippen MR) is 74.9 cm³/mol. The molecule has 1 saturated heterocycles. The van der Waals surface area contributed by atoms with Crippen LogP contribution in [-0.4, -0.2) is 59.2 Å². The fraction of sp³-hybridized carbons (Fsp3) is 0.667. The van der Waals surface area contributed by atoms with Gasteiger partial charge in [0.2, 0.25) is 11.2 Å². The van der Waals surface area contributed by atoms with E-state index >= 15 is 0 Å². The maximum Gasteiger partial charge on any atom is 0.322 e. The number of rotatable bonds is 4. The van der Waals surface area contributed by atoms with Crippen LogP contribution >= 0.6 is 11.6 Å². The van der Waals surface area contributed by atoms with Gasteiger partial charge in [-0.3, -0.25) is 4.90 Å². The molecule has 0 radical (unpaired) electrons. The Morgan fingerprint density at radius 3 is 2.55 bits per heavy atom. The zero-order valence-corrected chi connectivity index (χ0v) is 12.3. The van der Waals surface area contributed by atoms with Crippen molar-refractivity contribution in [2.45, 2.75) is 19.4 Å². The molecule has 0 spiro atoms. The predicted octanol–water partition coefficient (Wildman–Crippen LogP) is 0.958. The Morgan fingerprint density at radius 1 is 1.30 bits per heavy atom. The smallest absolute Gasteiger partial charge is 0.322 e. The highest BCUT2D eigenvalue weighted by atomic mass is 35.5. The van der Waals surface area contributed by atoms with Crippen molar-refractivity contribution in [1.82, 2.24) is 19.9 Å². The van der Waals surface area contributed by atoms with Crippen LogP contribution in [0.4, 0.5) is 5.95 Å². The number of nitriles is 1. The molecule has 1 aromatic rings. The van der Waals surface area contributed by atoms with Crippen molar-refractivity contribution in [3.05, 3.63) is 5.28 Å². The summed E-state index contributed by atoms with van der Waals surface area (Å²) in [6, 6.07) is 2.52. The van der Waals surface area contributed by atoms with E-state index in [2.05, 4.69) is 25.9 Å². The molecule has 2 heterocycles. The van der Waals surface area contributed by atoms with Crippen molar-refractivity contribution < 1.29 is 4.74 Å². The first-order chi connectivity index (χ1) is 9.67. The van der Waals surface area contributed by atoms with Crippen LogP contribution < -0.4 is 9.64 Å². The first kappa shape index (κ1) is 14.8. The summed E-state index contributed by atoms with van der Waals surface area (Å²) in [5.74, 6) is 0.520. The van der Waals surface area contributed by atoms with Crippen LogP contribution in [0.1, 0.15) is 13.3 Å². The van der Waals surface area contributed by atoms with Gasteiger partial charge in [0.25, 0.3) is 0 Å². The molecule has 1 fully saturated rings. The second-order valence-corrected chi connectivity index (χ2v) is 4.81. The van der Waals surface area contributed by atoms with E-state index in [9.17, 15) is 0 Å². The molecule has 2 rings (SSSR count). The maximum atomic E-state index is 9.09. The van der Waals surface area contributed by atoms with Gasteiger partial charge in [-0.25, -0.2) is 0 Å². The van der Waals surface area contributed by atoms with E-state index in [1.807, 2.05) is 11.8 Å². The van der Waals surface area contributed by atoms with Crippen molar-refractivity contribution in [3.63, 3.8) is 0 Å². The van der Waals surface area contributed by atoms with Crippen LogP contribution in [0.15, 0.2) is 0 Å². The lowest BCUT2D eigenvalue weighted by Crippen LogP contribution is -2.50. The van der Waals surface area contributed by atoms with Crippen molar-refractivity contribution in [3.8, 4) is 12.1 Å². The lowest BCUT2D eigenvalue weighted by atomic mass is 10.2. The number of hydrogen-bond donors (Lipinski definition) is 0. The third-order valence-corrected chi connectivity index (χ3v) is 3.50. The van der Waals surface area contributed by atoms with Gasteiger partial charge in [-0.2, -0.15) is 20.2 Å². The molecule has 0 amide bonds. The number of halogens is 1. The van der Waals surface area contributed by atoms with Gasteiger partial charge in [-0.05, 0) is 18.0 Å². The van der Waals surface area contributed by atoms with Gasteiger partial charge in [0, 0.05) is 26.2 Å². The average Bonchev–Trinajstić information content (AvgIpc) is 2.48. The first-order valence-electron chi connectivity index (χ1n) is 6.52. The highest BCUT2D eigenvalue weighted by Gasteiger charge is 2.24. The highest BCUT2D eigenvalue weighted by molar-refractivity contribution is 6.28. The molecule has 8 heteroatoms. The number of anilines is 1. The van der Waals surface area contributed by atoms with Crippen molar-refractivity contribution in [2.24, 2.45) is 0 Å². The van der Waals surface area contributed by atoms with Crippen LogP contribution in [0, 0.1) is 11.3 Å². The summed E-state index contributed by atoms with van der Waals surface area (Å²) in [6.45, 7) is 5.13. The summed E-state index contributed by atoms with van der Waals surface area (Å²) in [4.78, 5) is 16.4. The van der Waals surface area contributed by atoms with Gasteiger partial charge in [0.1, 0.15) is 0 Å². The van der Waals surface area contributed by atoms with Crippen LogP contribution in [0.3, 0.4) is 0 Å². The fourth-order valence-corrected chi connectivity index (χ4v) is 2.37. The molecular formula is C12H17ClN6O. The fourth-order valence-electron chi connectivity index (χ4n) is 2.22. The molecule has 1 aromatic heterocycles. The summed E-state index contributed by atoms with van der Waals surface area (Å²) < 4.78 is 4.99. The van der Waals surface area contributed by atoms with Gasteiger partial charge < -0.3 is 9.64 Å². The third kappa shape index (κ3) is 3.26. The number of ether oxygens (including phenoxy) is 1. The van der Waals surface area contributed by atoms with Crippen molar-refractivity contribution in [2.75, 3.05) is 38.2 Å². The Balaban J connectivity index is 2.04. The van der Waals surface area contributed by atoms with E-state index in [1.165, 1.54) is 7.11 Å². The molecule has 0 aliphatic carbocycles. The molecule has 1 aliphatic heterocycles. The highest BCUT2D eigenvalue weighted by Crippen LogP contribution is 2.17. The molecule has 7 nitrogen and oxygen atoms in total. The molecule has 20 heavy (non-hydrogen) atoms. The van der Waals surface area contributed by atoms with Gasteiger partial charge in [-0.1, -0.05) is 6.92 Å². The van der Waals surface area contributed by atoms with Crippen molar-refractivity contribution in [1.29, 1.82) is 5.26 Å². The SMILES string of the molecule is CCC(C#N)N1CCN(c2nc(Cl)nc(OC)n2)CC1. The normalized spacial score (nSPS) is 17.6. The topological polar surface area (TPSA) is 78.2 Å².